The molecule has 0 aromatic carbocycles. The number of halogens is 1. The van der Waals surface area contributed by atoms with Crippen LogP contribution in [0, 0.1) is 17.3 Å². The van der Waals surface area contributed by atoms with Gasteiger partial charge in [-0.05, 0) is 44.2 Å². The molecule has 3 N–H and O–H groups in total. The van der Waals surface area contributed by atoms with Crippen LogP contribution in [0.2, 0.25) is 0 Å². The summed E-state index contributed by atoms with van der Waals surface area (Å²) in [5.74, 6) is -1.08. The molecule has 1 saturated heterocycles. The van der Waals surface area contributed by atoms with Crippen LogP contribution in [0.3, 0.4) is 0 Å². The van der Waals surface area contributed by atoms with E-state index in [4.69, 9.17) is 5.11 Å². The van der Waals surface area contributed by atoms with Crippen molar-refractivity contribution >= 4 is 30.2 Å². The van der Waals surface area contributed by atoms with Crippen molar-refractivity contribution in [1.82, 2.24) is 15.5 Å². The van der Waals surface area contributed by atoms with Crippen LogP contribution in [0.25, 0.3) is 0 Å². The first kappa shape index (κ1) is 28.4. The summed E-state index contributed by atoms with van der Waals surface area (Å²) < 4.78 is 0. The third-order valence-electron chi connectivity index (χ3n) is 5.47. The van der Waals surface area contributed by atoms with Crippen LogP contribution in [0.15, 0.2) is 11.6 Å². The van der Waals surface area contributed by atoms with Crippen molar-refractivity contribution in [2.24, 2.45) is 17.3 Å². The molecule has 8 heteroatoms. The number of hydrogen-bond acceptors (Lipinski definition) is 4. The Morgan fingerprint density at radius 3 is 2.17 bits per heavy atom. The lowest BCUT2D eigenvalue weighted by atomic mass is 9.84. The normalized spacial score (nSPS) is 17.7. The standard InChI is InChI=1S/C22H39N3O4.ClH/c1-14(2)17(12-15(3)13-18(26)27)25(7)21(29)19(22(4,5)6)24-20(28)16-8-10-23-11-9-16;/h12,14,16-17,19,23H,8-11,13H2,1-7H3,(H,24,28)(H,26,27);1H/b15-12+;/t17-,19-;/m1./s1. The van der Waals surface area contributed by atoms with Gasteiger partial charge < -0.3 is 20.6 Å². The molecule has 1 aliphatic heterocycles. The van der Waals surface area contributed by atoms with E-state index in [-0.39, 0.29) is 48.5 Å². The molecule has 1 aliphatic rings. The fourth-order valence-electron chi connectivity index (χ4n) is 3.68. The van der Waals surface area contributed by atoms with E-state index in [1.54, 1.807) is 18.9 Å². The highest BCUT2D eigenvalue weighted by molar-refractivity contribution is 5.89. The Labute approximate surface area is 187 Å². The predicted octanol–water partition coefficient (Wildman–Crippen LogP) is 2.84. The van der Waals surface area contributed by atoms with Gasteiger partial charge in [0.05, 0.1) is 12.5 Å². The predicted molar refractivity (Wildman–Crippen MR) is 122 cm³/mol. The molecule has 174 valence electrons. The second kappa shape index (κ2) is 12.3. The molecule has 7 nitrogen and oxygen atoms in total. The van der Waals surface area contributed by atoms with Gasteiger partial charge in [0.2, 0.25) is 11.8 Å². The lowest BCUT2D eigenvalue weighted by Crippen LogP contribution is -2.57. The summed E-state index contributed by atoms with van der Waals surface area (Å²) in [5, 5.41) is 15.3. The highest BCUT2D eigenvalue weighted by Gasteiger charge is 2.38. The number of hydrogen-bond donors (Lipinski definition) is 3. The fourth-order valence-corrected chi connectivity index (χ4v) is 3.68. The zero-order valence-electron chi connectivity index (χ0n) is 19.4. The molecule has 0 unspecified atom stereocenters. The van der Waals surface area contributed by atoms with Gasteiger partial charge in [-0.2, -0.15) is 0 Å². The molecule has 0 saturated carbocycles. The number of carbonyl (C=O) groups is 3. The lowest BCUT2D eigenvalue weighted by molar-refractivity contribution is -0.141. The smallest absolute Gasteiger partial charge is 0.307 e. The van der Waals surface area contributed by atoms with Crippen molar-refractivity contribution in [3.63, 3.8) is 0 Å². The van der Waals surface area contributed by atoms with Crippen molar-refractivity contribution in [3.05, 3.63) is 11.6 Å². The molecule has 0 aliphatic carbocycles. The topological polar surface area (TPSA) is 98.7 Å². The van der Waals surface area contributed by atoms with Crippen molar-refractivity contribution in [2.75, 3.05) is 20.1 Å². The zero-order chi connectivity index (χ0) is 22.4. The number of likely N-dealkylation sites (N-methyl/N-ethyl adjacent to an activating group) is 1. The Morgan fingerprint density at radius 2 is 1.73 bits per heavy atom. The summed E-state index contributed by atoms with van der Waals surface area (Å²) in [6.07, 6.45) is 3.35. The minimum Gasteiger partial charge on any atom is -0.481 e. The van der Waals surface area contributed by atoms with Crippen molar-refractivity contribution in [3.8, 4) is 0 Å². The summed E-state index contributed by atoms with van der Waals surface area (Å²) in [6, 6.07) is -0.896. The Hall–Kier alpha value is -1.60. The minimum absolute atomic E-state index is 0. The average Bonchev–Trinajstić information content (AvgIpc) is 2.61. The number of nitrogens with one attached hydrogen (secondary N) is 2. The number of carbonyl (C=O) groups excluding carboxylic acids is 2. The molecule has 2 amide bonds. The van der Waals surface area contributed by atoms with Crippen LogP contribution in [0.1, 0.15) is 60.8 Å². The highest BCUT2D eigenvalue weighted by Crippen LogP contribution is 2.25. The van der Waals surface area contributed by atoms with Crippen LogP contribution in [-0.4, -0.2) is 60.0 Å². The first-order valence-electron chi connectivity index (χ1n) is 10.5. The van der Waals surface area contributed by atoms with Gasteiger partial charge in [-0.1, -0.05) is 46.3 Å². The van der Waals surface area contributed by atoms with Crippen molar-refractivity contribution in [1.29, 1.82) is 0 Å². The van der Waals surface area contributed by atoms with Crippen LogP contribution in [0.5, 0.6) is 0 Å². The molecule has 0 spiro atoms. The number of amides is 2. The van der Waals surface area contributed by atoms with Gasteiger partial charge in [-0.3, -0.25) is 14.4 Å². The molecule has 0 bridgehead atoms. The molecule has 0 radical (unpaired) electrons. The number of carboxylic acid groups (broad SMARTS) is 1. The minimum atomic E-state index is -0.892. The molecular weight excluding hydrogens is 406 g/mol. The van der Waals surface area contributed by atoms with E-state index in [0.29, 0.717) is 5.57 Å². The molecular formula is C22H40ClN3O4. The van der Waals surface area contributed by atoms with Crippen molar-refractivity contribution in [2.45, 2.75) is 72.9 Å². The van der Waals surface area contributed by atoms with Gasteiger partial charge in [-0.25, -0.2) is 0 Å². The Morgan fingerprint density at radius 1 is 1.20 bits per heavy atom. The number of piperidine rings is 1. The largest absolute Gasteiger partial charge is 0.481 e. The monoisotopic (exact) mass is 445 g/mol. The quantitative estimate of drug-likeness (QED) is 0.499. The van der Waals surface area contributed by atoms with Gasteiger partial charge in [0.15, 0.2) is 0 Å². The van der Waals surface area contributed by atoms with E-state index < -0.39 is 17.4 Å². The Kier molecular flexibility index (Phi) is 11.6. The van der Waals surface area contributed by atoms with Crippen LogP contribution in [-0.2, 0) is 14.4 Å². The van der Waals surface area contributed by atoms with E-state index in [1.807, 2.05) is 40.7 Å². The zero-order valence-corrected chi connectivity index (χ0v) is 20.3. The number of nitrogens with zero attached hydrogens (tertiary/aromatic N) is 1. The van der Waals surface area contributed by atoms with E-state index in [9.17, 15) is 14.4 Å². The van der Waals surface area contributed by atoms with Gasteiger partial charge in [0.1, 0.15) is 6.04 Å². The maximum absolute atomic E-state index is 13.4. The van der Waals surface area contributed by atoms with Crippen LogP contribution >= 0.6 is 12.4 Å². The molecule has 1 heterocycles. The summed E-state index contributed by atoms with van der Waals surface area (Å²) >= 11 is 0. The molecule has 30 heavy (non-hydrogen) atoms. The molecule has 2 atom stereocenters. The van der Waals surface area contributed by atoms with Gasteiger partial charge in [-0.15, -0.1) is 12.4 Å². The van der Waals surface area contributed by atoms with Gasteiger partial charge in [0, 0.05) is 13.0 Å². The third kappa shape index (κ3) is 8.64. The number of aliphatic carboxylic acids is 1. The van der Waals surface area contributed by atoms with E-state index in [2.05, 4.69) is 10.6 Å². The Balaban J connectivity index is 0.00000841. The summed E-state index contributed by atoms with van der Waals surface area (Å²) in [5.41, 5.74) is 0.261. The Bertz CT molecular complexity index is 622. The van der Waals surface area contributed by atoms with Gasteiger partial charge in [0.25, 0.3) is 0 Å². The SMILES string of the molecule is C/C(=C\[C@H](C(C)C)N(C)C(=O)[C@@H](NC(=O)C1CCNCC1)C(C)(C)C)CC(=O)O.Cl. The molecule has 1 fully saturated rings. The summed E-state index contributed by atoms with van der Waals surface area (Å²) in [7, 11) is 1.73. The third-order valence-corrected chi connectivity index (χ3v) is 5.47. The number of rotatable bonds is 8. The average molecular weight is 446 g/mol. The van der Waals surface area contributed by atoms with Crippen LogP contribution < -0.4 is 10.6 Å². The maximum Gasteiger partial charge on any atom is 0.307 e. The van der Waals surface area contributed by atoms with Gasteiger partial charge >= 0.3 is 5.97 Å². The molecule has 0 aromatic rings. The summed E-state index contributed by atoms with van der Waals surface area (Å²) in [6.45, 7) is 13.2. The van der Waals surface area contributed by atoms with E-state index in [0.717, 1.165) is 25.9 Å². The maximum atomic E-state index is 13.4. The second-order valence-electron chi connectivity index (χ2n) is 9.60. The molecule has 0 aromatic heterocycles. The van der Waals surface area contributed by atoms with E-state index in [1.165, 1.54) is 0 Å². The first-order chi connectivity index (χ1) is 13.3. The van der Waals surface area contributed by atoms with Crippen molar-refractivity contribution < 1.29 is 19.5 Å². The number of carboxylic acids is 1. The highest BCUT2D eigenvalue weighted by atomic mass is 35.5. The summed E-state index contributed by atoms with van der Waals surface area (Å²) in [4.78, 5) is 38.9. The first-order valence-corrected chi connectivity index (χ1v) is 10.5. The fraction of sp³-hybridized carbons (Fsp3) is 0.773. The lowest BCUT2D eigenvalue weighted by Gasteiger charge is -2.38. The van der Waals surface area contributed by atoms with Crippen LogP contribution in [0.4, 0.5) is 0 Å². The second-order valence-corrected chi connectivity index (χ2v) is 9.60. The van der Waals surface area contributed by atoms with E-state index >= 15 is 0 Å². The molecule has 1 rings (SSSR count).